The first-order valence-electron chi connectivity index (χ1n) is 5.33. The summed E-state index contributed by atoms with van der Waals surface area (Å²) in [7, 11) is 2.01. The average Bonchev–Trinajstić information content (AvgIpc) is 2.17. The maximum Gasteiger partial charge on any atom is 0.128 e. The molecule has 0 radical (unpaired) electrons. The Morgan fingerprint density at radius 1 is 1.33 bits per heavy atom. The Kier molecular flexibility index (Phi) is 3.69. The molecule has 1 aromatic rings. The number of nitrogens with two attached hydrogens (primary N) is 1. The van der Waals surface area contributed by atoms with Crippen LogP contribution in [0, 0.1) is 0 Å². The number of pyridine rings is 1. The molecule has 0 aliphatic carbocycles. The first kappa shape index (κ1) is 12.0. The molecule has 0 aliphatic heterocycles. The SMILES string of the molecule is CN(CCN)c1ccc(C(C)(C)C)cn1. The van der Waals surface area contributed by atoms with E-state index in [0.717, 1.165) is 12.4 Å². The highest BCUT2D eigenvalue weighted by Gasteiger charge is 2.13. The van der Waals surface area contributed by atoms with Gasteiger partial charge in [-0.3, -0.25) is 0 Å². The van der Waals surface area contributed by atoms with Gasteiger partial charge in [0.25, 0.3) is 0 Å². The number of anilines is 1. The summed E-state index contributed by atoms with van der Waals surface area (Å²) >= 11 is 0. The Balaban J connectivity index is 2.81. The van der Waals surface area contributed by atoms with Gasteiger partial charge in [-0.25, -0.2) is 4.98 Å². The fourth-order valence-electron chi connectivity index (χ4n) is 1.36. The number of rotatable bonds is 3. The smallest absolute Gasteiger partial charge is 0.128 e. The molecule has 1 rings (SSSR count). The second-order valence-electron chi connectivity index (χ2n) is 4.87. The van der Waals surface area contributed by atoms with Crippen LogP contribution in [0.25, 0.3) is 0 Å². The van der Waals surface area contributed by atoms with Crippen LogP contribution in [0.5, 0.6) is 0 Å². The van der Waals surface area contributed by atoms with Gasteiger partial charge < -0.3 is 10.6 Å². The number of likely N-dealkylation sites (N-methyl/N-ethyl adjacent to an activating group) is 1. The standard InChI is InChI=1S/C12H21N3/c1-12(2,3)10-5-6-11(14-9-10)15(4)8-7-13/h5-6,9H,7-8,13H2,1-4H3. The van der Waals surface area contributed by atoms with Crippen molar-refractivity contribution in [2.24, 2.45) is 5.73 Å². The molecule has 0 fully saturated rings. The highest BCUT2D eigenvalue weighted by Crippen LogP contribution is 2.22. The number of hydrogen-bond acceptors (Lipinski definition) is 3. The Labute approximate surface area is 92.3 Å². The predicted octanol–water partition coefficient (Wildman–Crippen LogP) is 1.77. The van der Waals surface area contributed by atoms with Crippen molar-refractivity contribution in [3.05, 3.63) is 23.9 Å². The van der Waals surface area contributed by atoms with Crippen molar-refractivity contribution in [1.29, 1.82) is 0 Å². The normalized spacial score (nSPS) is 11.5. The van der Waals surface area contributed by atoms with E-state index in [1.54, 1.807) is 0 Å². The molecule has 3 heteroatoms. The molecule has 1 heterocycles. The molecule has 0 aliphatic rings. The fraction of sp³-hybridized carbons (Fsp3) is 0.583. The molecule has 0 amide bonds. The predicted molar refractivity (Wildman–Crippen MR) is 65.3 cm³/mol. The molecular formula is C12H21N3. The average molecular weight is 207 g/mol. The Morgan fingerprint density at radius 2 is 2.00 bits per heavy atom. The lowest BCUT2D eigenvalue weighted by Gasteiger charge is -2.21. The van der Waals surface area contributed by atoms with E-state index in [4.69, 9.17) is 5.73 Å². The van der Waals surface area contributed by atoms with Crippen molar-refractivity contribution in [1.82, 2.24) is 4.98 Å². The topological polar surface area (TPSA) is 42.1 Å². The third-order valence-electron chi connectivity index (χ3n) is 2.47. The largest absolute Gasteiger partial charge is 0.358 e. The van der Waals surface area contributed by atoms with E-state index < -0.39 is 0 Å². The van der Waals surface area contributed by atoms with Crippen molar-refractivity contribution in [2.75, 3.05) is 25.0 Å². The maximum absolute atomic E-state index is 5.50. The fourth-order valence-corrected chi connectivity index (χ4v) is 1.36. The Morgan fingerprint density at radius 3 is 2.40 bits per heavy atom. The number of hydrogen-bond donors (Lipinski definition) is 1. The van der Waals surface area contributed by atoms with Crippen LogP contribution in [-0.4, -0.2) is 25.1 Å². The Hall–Kier alpha value is -1.09. The van der Waals surface area contributed by atoms with E-state index in [0.29, 0.717) is 6.54 Å². The van der Waals surface area contributed by atoms with Gasteiger partial charge in [-0.2, -0.15) is 0 Å². The van der Waals surface area contributed by atoms with Crippen LogP contribution in [0.4, 0.5) is 5.82 Å². The van der Waals surface area contributed by atoms with Crippen LogP contribution in [-0.2, 0) is 5.41 Å². The van der Waals surface area contributed by atoms with Crippen LogP contribution < -0.4 is 10.6 Å². The van der Waals surface area contributed by atoms with Gasteiger partial charge in [0.1, 0.15) is 5.82 Å². The second-order valence-corrected chi connectivity index (χ2v) is 4.87. The summed E-state index contributed by atoms with van der Waals surface area (Å²) in [5, 5.41) is 0. The molecule has 0 saturated carbocycles. The zero-order chi connectivity index (χ0) is 11.5. The summed E-state index contributed by atoms with van der Waals surface area (Å²) in [5.74, 6) is 0.980. The molecule has 0 bridgehead atoms. The maximum atomic E-state index is 5.50. The van der Waals surface area contributed by atoms with Crippen LogP contribution in [0.1, 0.15) is 26.3 Å². The molecule has 0 spiro atoms. The van der Waals surface area contributed by atoms with Crippen molar-refractivity contribution in [3.63, 3.8) is 0 Å². The van der Waals surface area contributed by atoms with Crippen LogP contribution >= 0.6 is 0 Å². The minimum Gasteiger partial charge on any atom is -0.358 e. The lowest BCUT2D eigenvalue weighted by Crippen LogP contribution is -2.25. The lowest BCUT2D eigenvalue weighted by molar-refractivity contribution is 0.587. The monoisotopic (exact) mass is 207 g/mol. The van der Waals surface area contributed by atoms with Gasteiger partial charge in [0.15, 0.2) is 0 Å². The van der Waals surface area contributed by atoms with Gasteiger partial charge in [-0.15, -0.1) is 0 Å². The first-order valence-corrected chi connectivity index (χ1v) is 5.33. The quantitative estimate of drug-likeness (QED) is 0.821. The van der Waals surface area contributed by atoms with Gasteiger partial charge in [0.2, 0.25) is 0 Å². The third kappa shape index (κ3) is 3.20. The zero-order valence-corrected chi connectivity index (χ0v) is 10.1. The minimum atomic E-state index is 0.165. The highest BCUT2D eigenvalue weighted by molar-refractivity contribution is 5.39. The van der Waals surface area contributed by atoms with Crippen LogP contribution in [0.15, 0.2) is 18.3 Å². The molecule has 0 saturated heterocycles. The molecule has 15 heavy (non-hydrogen) atoms. The molecule has 0 atom stereocenters. The van der Waals surface area contributed by atoms with Crippen molar-refractivity contribution >= 4 is 5.82 Å². The van der Waals surface area contributed by atoms with Gasteiger partial charge in [0.05, 0.1) is 0 Å². The van der Waals surface area contributed by atoms with Crippen molar-refractivity contribution in [3.8, 4) is 0 Å². The summed E-state index contributed by atoms with van der Waals surface area (Å²) in [6.45, 7) is 8.05. The zero-order valence-electron chi connectivity index (χ0n) is 10.1. The lowest BCUT2D eigenvalue weighted by atomic mass is 9.88. The molecule has 0 aromatic carbocycles. The molecule has 0 unspecified atom stereocenters. The van der Waals surface area contributed by atoms with Crippen molar-refractivity contribution in [2.45, 2.75) is 26.2 Å². The van der Waals surface area contributed by atoms with Crippen LogP contribution in [0.2, 0.25) is 0 Å². The minimum absolute atomic E-state index is 0.165. The summed E-state index contributed by atoms with van der Waals surface area (Å²) in [6, 6.07) is 4.19. The van der Waals surface area contributed by atoms with Crippen molar-refractivity contribution < 1.29 is 0 Å². The van der Waals surface area contributed by atoms with E-state index in [9.17, 15) is 0 Å². The summed E-state index contributed by atoms with van der Waals surface area (Å²) < 4.78 is 0. The molecule has 1 aromatic heterocycles. The number of nitrogens with zero attached hydrogens (tertiary/aromatic N) is 2. The molecule has 3 nitrogen and oxygen atoms in total. The summed E-state index contributed by atoms with van der Waals surface area (Å²) in [5.41, 5.74) is 6.92. The van der Waals surface area contributed by atoms with E-state index >= 15 is 0 Å². The number of aromatic nitrogens is 1. The van der Waals surface area contributed by atoms with E-state index in [2.05, 4.69) is 42.8 Å². The first-order chi connectivity index (χ1) is 6.95. The third-order valence-corrected chi connectivity index (χ3v) is 2.47. The highest BCUT2D eigenvalue weighted by atomic mass is 15.2. The summed E-state index contributed by atoms with van der Waals surface area (Å²) in [4.78, 5) is 6.50. The molecule has 2 N–H and O–H groups in total. The van der Waals surface area contributed by atoms with Gasteiger partial charge in [-0.1, -0.05) is 26.8 Å². The molecule has 84 valence electrons. The Bertz CT molecular complexity index is 298. The van der Waals surface area contributed by atoms with E-state index in [-0.39, 0.29) is 5.41 Å². The second kappa shape index (κ2) is 4.62. The molecular weight excluding hydrogens is 186 g/mol. The summed E-state index contributed by atoms with van der Waals surface area (Å²) in [6.07, 6.45) is 1.95. The van der Waals surface area contributed by atoms with Gasteiger partial charge in [0, 0.05) is 26.3 Å². The van der Waals surface area contributed by atoms with Gasteiger partial charge in [-0.05, 0) is 17.0 Å². The van der Waals surface area contributed by atoms with E-state index in [1.165, 1.54) is 5.56 Å². The van der Waals surface area contributed by atoms with Gasteiger partial charge >= 0.3 is 0 Å². The van der Waals surface area contributed by atoms with Crippen LogP contribution in [0.3, 0.4) is 0 Å². The van der Waals surface area contributed by atoms with E-state index in [1.807, 2.05) is 13.2 Å².